The molecule has 0 saturated heterocycles. The van der Waals surface area contributed by atoms with Crippen molar-refractivity contribution in [2.45, 2.75) is 50.6 Å². The molecule has 1 amide bonds. The fourth-order valence-electron chi connectivity index (χ4n) is 3.35. The van der Waals surface area contributed by atoms with Crippen LogP contribution in [0.3, 0.4) is 0 Å². The maximum atomic E-state index is 12.1. The fraction of sp³-hybridized carbons (Fsp3) is 0.562. The molecule has 102 valence electrons. The van der Waals surface area contributed by atoms with Gasteiger partial charge in [0, 0.05) is 31.2 Å². The molecule has 1 heterocycles. The van der Waals surface area contributed by atoms with E-state index in [2.05, 4.69) is 17.4 Å². The van der Waals surface area contributed by atoms with E-state index in [1.807, 2.05) is 19.2 Å². The quantitative estimate of drug-likeness (QED) is 0.884. The molecule has 1 aliphatic carbocycles. The Hall–Kier alpha value is -1.35. The molecule has 1 fully saturated rings. The number of rotatable bonds is 2. The number of nitrogens with zero attached hydrogens (tertiary/aromatic N) is 1. The molecular weight excluding hydrogens is 236 g/mol. The average Bonchev–Trinajstić information content (AvgIpc) is 2.46. The molecule has 0 spiro atoms. The third-order valence-electron chi connectivity index (χ3n) is 4.47. The van der Waals surface area contributed by atoms with E-state index in [-0.39, 0.29) is 11.9 Å². The molecule has 3 heteroatoms. The SMILES string of the molecule is CN1C(=O)CC(NC2CCCCC2)c2ccccc21. The number of para-hydroxylation sites is 1. The zero-order valence-electron chi connectivity index (χ0n) is 11.6. The number of carbonyl (C=O) groups is 1. The second kappa shape index (κ2) is 5.33. The first-order valence-corrected chi connectivity index (χ1v) is 7.37. The number of nitrogens with one attached hydrogen (secondary N) is 1. The van der Waals surface area contributed by atoms with Gasteiger partial charge in [-0.25, -0.2) is 0 Å². The van der Waals surface area contributed by atoms with Gasteiger partial charge in [0.25, 0.3) is 0 Å². The van der Waals surface area contributed by atoms with Crippen molar-refractivity contribution >= 4 is 11.6 Å². The molecule has 1 aromatic carbocycles. The number of benzene rings is 1. The molecule has 0 radical (unpaired) electrons. The van der Waals surface area contributed by atoms with Crippen LogP contribution in [0, 0.1) is 0 Å². The Bertz CT molecular complexity index is 466. The largest absolute Gasteiger partial charge is 0.315 e. The van der Waals surface area contributed by atoms with Gasteiger partial charge in [-0.2, -0.15) is 0 Å². The molecule has 2 aliphatic rings. The first kappa shape index (κ1) is 12.7. The van der Waals surface area contributed by atoms with Gasteiger partial charge < -0.3 is 10.2 Å². The van der Waals surface area contributed by atoms with Gasteiger partial charge >= 0.3 is 0 Å². The normalized spacial score (nSPS) is 24.4. The first-order valence-electron chi connectivity index (χ1n) is 7.37. The summed E-state index contributed by atoms with van der Waals surface area (Å²) in [5.74, 6) is 0.215. The lowest BCUT2D eigenvalue weighted by Gasteiger charge is -2.35. The van der Waals surface area contributed by atoms with Crippen LogP contribution in [0.1, 0.15) is 50.1 Å². The summed E-state index contributed by atoms with van der Waals surface area (Å²) in [5.41, 5.74) is 2.34. The summed E-state index contributed by atoms with van der Waals surface area (Å²) in [6.45, 7) is 0. The molecule has 1 saturated carbocycles. The molecule has 3 rings (SSSR count). The van der Waals surface area contributed by atoms with E-state index >= 15 is 0 Å². The smallest absolute Gasteiger partial charge is 0.228 e. The maximum Gasteiger partial charge on any atom is 0.228 e. The minimum absolute atomic E-state index is 0.197. The van der Waals surface area contributed by atoms with Crippen molar-refractivity contribution in [1.82, 2.24) is 5.32 Å². The van der Waals surface area contributed by atoms with Crippen LogP contribution in [0.4, 0.5) is 5.69 Å². The minimum Gasteiger partial charge on any atom is -0.315 e. The van der Waals surface area contributed by atoms with Crippen LogP contribution in [0.2, 0.25) is 0 Å². The van der Waals surface area contributed by atoms with Crippen LogP contribution in [0.25, 0.3) is 0 Å². The highest BCUT2D eigenvalue weighted by Crippen LogP contribution is 2.34. The molecular formula is C16H22N2O. The Morgan fingerprint density at radius 3 is 2.68 bits per heavy atom. The highest BCUT2D eigenvalue weighted by Gasteiger charge is 2.30. The summed E-state index contributed by atoms with van der Waals surface area (Å²) in [5, 5.41) is 3.72. The van der Waals surface area contributed by atoms with Gasteiger partial charge in [-0.3, -0.25) is 4.79 Å². The third-order valence-corrected chi connectivity index (χ3v) is 4.47. The maximum absolute atomic E-state index is 12.1. The molecule has 0 bridgehead atoms. The molecule has 3 nitrogen and oxygen atoms in total. The predicted octanol–water partition coefficient (Wildman–Crippen LogP) is 3.02. The van der Waals surface area contributed by atoms with Crippen LogP contribution in [-0.4, -0.2) is 19.0 Å². The first-order chi connectivity index (χ1) is 9.25. The van der Waals surface area contributed by atoms with Crippen molar-refractivity contribution in [2.24, 2.45) is 0 Å². The molecule has 1 atom stereocenters. The molecule has 19 heavy (non-hydrogen) atoms. The van der Waals surface area contributed by atoms with E-state index in [1.54, 1.807) is 4.90 Å². The second-order valence-electron chi connectivity index (χ2n) is 5.77. The number of fused-ring (bicyclic) bond motifs is 1. The van der Waals surface area contributed by atoms with Crippen molar-refractivity contribution < 1.29 is 4.79 Å². The Kier molecular flexibility index (Phi) is 3.56. The highest BCUT2D eigenvalue weighted by molar-refractivity contribution is 5.96. The standard InChI is InChI=1S/C16H22N2O/c1-18-15-10-6-5-9-13(15)14(11-16(18)19)17-12-7-3-2-4-8-12/h5-6,9-10,12,14,17H,2-4,7-8,11H2,1H3. The van der Waals surface area contributed by atoms with Crippen molar-refractivity contribution in [1.29, 1.82) is 0 Å². The summed E-state index contributed by atoms with van der Waals surface area (Å²) >= 11 is 0. The second-order valence-corrected chi connectivity index (χ2v) is 5.77. The van der Waals surface area contributed by atoms with Gasteiger partial charge in [0.15, 0.2) is 0 Å². The van der Waals surface area contributed by atoms with E-state index in [0.29, 0.717) is 12.5 Å². The average molecular weight is 258 g/mol. The highest BCUT2D eigenvalue weighted by atomic mass is 16.2. The third kappa shape index (κ3) is 2.52. The van der Waals surface area contributed by atoms with E-state index < -0.39 is 0 Å². The lowest BCUT2D eigenvalue weighted by atomic mass is 9.91. The van der Waals surface area contributed by atoms with E-state index in [4.69, 9.17) is 0 Å². The van der Waals surface area contributed by atoms with Crippen LogP contribution < -0.4 is 10.2 Å². The van der Waals surface area contributed by atoms with Crippen molar-refractivity contribution in [2.75, 3.05) is 11.9 Å². The summed E-state index contributed by atoms with van der Waals surface area (Å²) in [7, 11) is 1.87. The predicted molar refractivity (Wildman–Crippen MR) is 77.2 cm³/mol. The number of hydrogen-bond acceptors (Lipinski definition) is 2. The van der Waals surface area contributed by atoms with Crippen LogP contribution in [0.5, 0.6) is 0 Å². The summed E-state index contributed by atoms with van der Waals surface area (Å²) < 4.78 is 0. The lowest BCUT2D eigenvalue weighted by molar-refractivity contribution is -0.119. The molecule has 1 unspecified atom stereocenters. The lowest BCUT2D eigenvalue weighted by Crippen LogP contribution is -2.41. The van der Waals surface area contributed by atoms with E-state index in [1.165, 1.54) is 37.7 Å². The van der Waals surface area contributed by atoms with Gasteiger partial charge in [-0.15, -0.1) is 0 Å². The Balaban J connectivity index is 1.81. The Morgan fingerprint density at radius 2 is 1.89 bits per heavy atom. The molecule has 1 aliphatic heterocycles. The summed E-state index contributed by atoms with van der Waals surface area (Å²) in [4.78, 5) is 13.9. The molecule has 1 aromatic rings. The topological polar surface area (TPSA) is 32.3 Å². The molecule has 1 N–H and O–H groups in total. The van der Waals surface area contributed by atoms with Crippen LogP contribution >= 0.6 is 0 Å². The summed E-state index contributed by atoms with van der Waals surface area (Å²) in [6, 6.07) is 9.05. The minimum atomic E-state index is 0.197. The van der Waals surface area contributed by atoms with Crippen LogP contribution in [0.15, 0.2) is 24.3 Å². The monoisotopic (exact) mass is 258 g/mol. The number of amides is 1. The van der Waals surface area contributed by atoms with Crippen LogP contribution in [-0.2, 0) is 4.79 Å². The van der Waals surface area contributed by atoms with Crippen molar-refractivity contribution in [3.05, 3.63) is 29.8 Å². The Morgan fingerprint density at radius 1 is 1.16 bits per heavy atom. The van der Waals surface area contributed by atoms with Crippen molar-refractivity contribution in [3.8, 4) is 0 Å². The number of anilines is 1. The zero-order chi connectivity index (χ0) is 13.2. The zero-order valence-corrected chi connectivity index (χ0v) is 11.6. The summed E-state index contributed by atoms with van der Waals surface area (Å²) in [6.07, 6.45) is 7.09. The van der Waals surface area contributed by atoms with Crippen molar-refractivity contribution in [3.63, 3.8) is 0 Å². The van der Waals surface area contributed by atoms with Gasteiger partial charge in [-0.05, 0) is 24.5 Å². The van der Waals surface area contributed by atoms with Gasteiger partial charge in [0.05, 0.1) is 0 Å². The van der Waals surface area contributed by atoms with Gasteiger partial charge in [0.1, 0.15) is 0 Å². The van der Waals surface area contributed by atoms with E-state index in [9.17, 15) is 4.79 Å². The van der Waals surface area contributed by atoms with Gasteiger partial charge in [0.2, 0.25) is 5.91 Å². The van der Waals surface area contributed by atoms with Gasteiger partial charge in [-0.1, -0.05) is 37.5 Å². The van der Waals surface area contributed by atoms with E-state index in [0.717, 1.165) is 5.69 Å². The Labute approximate surface area is 115 Å². The number of hydrogen-bond donors (Lipinski definition) is 1. The fourth-order valence-corrected chi connectivity index (χ4v) is 3.35. The number of carbonyl (C=O) groups excluding carboxylic acids is 1. The molecule has 0 aromatic heterocycles.